The van der Waals surface area contributed by atoms with Crippen LogP contribution in [-0.4, -0.2) is 51.1 Å². The van der Waals surface area contributed by atoms with E-state index in [9.17, 15) is 4.79 Å². The molecule has 1 fully saturated rings. The van der Waals surface area contributed by atoms with Gasteiger partial charge in [0.05, 0.1) is 11.8 Å². The number of carboxylic acid groups (broad SMARTS) is 1. The van der Waals surface area contributed by atoms with Crippen LogP contribution in [0.4, 0.5) is 0 Å². The van der Waals surface area contributed by atoms with Crippen LogP contribution in [0, 0.1) is 0 Å². The van der Waals surface area contributed by atoms with Crippen molar-refractivity contribution in [3.63, 3.8) is 0 Å². The highest BCUT2D eigenvalue weighted by atomic mass is 16.5. The molecule has 17 heavy (non-hydrogen) atoms. The first-order valence-corrected chi connectivity index (χ1v) is 5.52. The fourth-order valence-electron chi connectivity index (χ4n) is 2.15. The fourth-order valence-corrected chi connectivity index (χ4v) is 2.15. The number of likely N-dealkylation sites (tertiary alicyclic amines) is 1. The SMILES string of the molecule is Cn1cc(CN2CC(C)(OCC(=O)O)C2)cn1. The van der Waals surface area contributed by atoms with Crippen molar-refractivity contribution < 1.29 is 14.6 Å². The van der Waals surface area contributed by atoms with Gasteiger partial charge in [-0.1, -0.05) is 0 Å². The van der Waals surface area contributed by atoms with Crippen LogP contribution in [0.25, 0.3) is 0 Å². The van der Waals surface area contributed by atoms with E-state index in [1.807, 2.05) is 26.4 Å². The Morgan fingerprint density at radius 3 is 2.88 bits per heavy atom. The van der Waals surface area contributed by atoms with Gasteiger partial charge >= 0.3 is 5.97 Å². The molecule has 0 amide bonds. The van der Waals surface area contributed by atoms with Crippen LogP contribution in [0.5, 0.6) is 0 Å². The second-order valence-corrected chi connectivity index (χ2v) is 4.80. The van der Waals surface area contributed by atoms with Gasteiger partial charge < -0.3 is 9.84 Å². The van der Waals surface area contributed by atoms with Crippen molar-refractivity contribution in [3.8, 4) is 0 Å². The van der Waals surface area contributed by atoms with Gasteiger partial charge in [0.15, 0.2) is 0 Å². The Morgan fingerprint density at radius 2 is 2.35 bits per heavy atom. The predicted molar refractivity (Wildman–Crippen MR) is 60.5 cm³/mol. The van der Waals surface area contributed by atoms with Gasteiger partial charge in [0, 0.05) is 38.4 Å². The van der Waals surface area contributed by atoms with E-state index in [2.05, 4.69) is 10.00 Å². The first-order chi connectivity index (χ1) is 7.97. The molecule has 0 aliphatic carbocycles. The summed E-state index contributed by atoms with van der Waals surface area (Å²) in [7, 11) is 1.89. The van der Waals surface area contributed by atoms with E-state index in [-0.39, 0.29) is 12.2 Å². The van der Waals surface area contributed by atoms with E-state index in [1.54, 1.807) is 4.68 Å². The number of carboxylic acids is 1. The molecule has 0 spiro atoms. The van der Waals surface area contributed by atoms with Crippen LogP contribution >= 0.6 is 0 Å². The molecule has 0 aromatic carbocycles. The Labute approximate surface area is 99.8 Å². The molecule has 1 aromatic rings. The fraction of sp³-hybridized carbons (Fsp3) is 0.636. The van der Waals surface area contributed by atoms with Crippen LogP contribution < -0.4 is 0 Å². The Balaban J connectivity index is 1.76. The van der Waals surface area contributed by atoms with E-state index < -0.39 is 5.97 Å². The molecule has 94 valence electrons. The lowest BCUT2D eigenvalue weighted by Crippen LogP contribution is -2.61. The summed E-state index contributed by atoms with van der Waals surface area (Å²) < 4.78 is 7.11. The smallest absolute Gasteiger partial charge is 0.329 e. The molecule has 1 saturated heterocycles. The first kappa shape index (κ1) is 12.1. The normalized spacial score (nSPS) is 18.9. The van der Waals surface area contributed by atoms with Crippen molar-refractivity contribution >= 4 is 5.97 Å². The molecular weight excluding hydrogens is 222 g/mol. The van der Waals surface area contributed by atoms with Crippen LogP contribution in [-0.2, 0) is 23.1 Å². The maximum Gasteiger partial charge on any atom is 0.329 e. The Bertz CT molecular complexity index is 410. The lowest BCUT2D eigenvalue weighted by Gasteiger charge is -2.47. The second kappa shape index (κ2) is 4.46. The van der Waals surface area contributed by atoms with E-state index in [1.165, 1.54) is 0 Å². The topological polar surface area (TPSA) is 67.6 Å². The number of aromatic nitrogens is 2. The van der Waals surface area contributed by atoms with Crippen LogP contribution in [0.2, 0.25) is 0 Å². The van der Waals surface area contributed by atoms with Crippen molar-refractivity contribution in [1.29, 1.82) is 0 Å². The lowest BCUT2D eigenvalue weighted by molar-refractivity contribution is -0.165. The third kappa shape index (κ3) is 3.04. The van der Waals surface area contributed by atoms with E-state index in [0.717, 1.165) is 25.2 Å². The van der Waals surface area contributed by atoms with Crippen molar-refractivity contribution in [2.24, 2.45) is 7.05 Å². The average Bonchev–Trinajstić information content (AvgIpc) is 2.59. The number of nitrogens with zero attached hydrogens (tertiary/aromatic N) is 3. The molecule has 6 heteroatoms. The number of ether oxygens (including phenoxy) is 1. The molecule has 2 heterocycles. The molecular formula is C11H17N3O3. The maximum absolute atomic E-state index is 10.4. The van der Waals surface area contributed by atoms with E-state index in [0.29, 0.717) is 0 Å². The van der Waals surface area contributed by atoms with Crippen molar-refractivity contribution in [3.05, 3.63) is 18.0 Å². The van der Waals surface area contributed by atoms with Gasteiger partial charge in [0.25, 0.3) is 0 Å². The molecule has 0 bridgehead atoms. The monoisotopic (exact) mass is 239 g/mol. The minimum Gasteiger partial charge on any atom is -0.480 e. The number of hydrogen-bond donors (Lipinski definition) is 1. The summed E-state index contributed by atoms with van der Waals surface area (Å²) in [6, 6.07) is 0. The largest absolute Gasteiger partial charge is 0.480 e. The molecule has 0 saturated carbocycles. The third-order valence-electron chi connectivity index (χ3n) is 2.82. The number of aliphatic carboxylic acids is 1. The lowest BCUT2D eigenvalue weighted by atomic mass is 9.96. The highest BCUT2D eigenvalue weighted by Crippen LogP contribution is 2.26. The summed E-state index contributed by atoms with van der Waals surface area (Å²) in [5.41, 5.74) is 0.841. The summed E-state index contributed by atoms with van der Waals surface area (Å²) in [5.74, 6) is -0.920. The molecule has 2 rings (SSSR count). The molecule has 1 aliphatic heterocycles. The molecule has 0 unspecified atom stereocenters. The van der Waals surface area contributed by atoms with Gasteiger partial charge in [-0.25, -0.2) is 4.79 Å². The average molecular weight is 239 g/mol. The van der Waals surface area contributed by atoms with E-state index in [4.69, 9.17) is 9.84 Å². The predicted octanol–water partition coefficient (Wildman–Crippen LogP) is 0.0956. The maximum atomic E-state index is 10.4. The zero-order chi connectivity index (χ0) is 12.5. The number of carbonyl (C=O) groups is 1. The summed E-state index contributed by atoms with van der Waals surface area (Å²) in [6.07, 6.45) is 3.82. The summed E-state index contributed by atoms with van der Waals surface area (Å²) in [4.78, 5) is 12.6. The summed E-state index contributed by atoms with van der Waals surface area (Å²) >= 11 is 0. The van der Waals surface area contributed by atoms with Crippen LogP contribution in [0.15, 0.2) is 12.4 Å². The molecule has 0 atom stereocenters. The van der Waals surface area contributed by atoms with Crippen molar-refractivity contribution in [2.75, 3.05) is 19.7 Å². The Kier molecular flexibility index (Phi) is 3.17. The van der Waals surface area contributed by atoms with Crippen LogP contribution in [0.3, 0.4) is 0 Å². The molecule has 6 nitrogen and oxygen atoms in total. The number of aryl methyl sites for hydroxylation is 1. The third-order valence-corrected chi connectivity index (χ3v) is 2.82. The van der Waals surface area contributed by atoms with Crippen LogP contribution in [0.1, 0.15) is 12.5 Å². The number of hydrogen-bond acceptors (Lipinski definition) is 4. The molecule has 0 radical (unpaired) electrons. The van der Waals surface area contributed by atoms with E-state index >= 15 is 0 Å². The van der Waals surface area contributed by atoms with Gasteiger partial charge in [-0.3, -0.25) is 9.58 Å². The van der Waals surface area contributed by atoms with Gasteiger partial charge in [-0.2, -0.15) is 5.10 Å². The van der Waals surface area contributed by atoms with Crippen molar-refractivity contribution in [1.82, 2.24) is 14.7 Å². The quantitative estimate of drug-likeness (QED) is 0.789. The Hall–Kier alpha value is -1.40. The molecule has 1 aliphatic rings. The zero-order valence-corrected chi connectivity index (χ0v) is 10.1. The highest BCUT2D eigenvalue weighted by molar-refractivity contribution is 5.68. The number of rotatable bonds is 5. The van der Waals surface area contributed by atoms with Gasteiger partial charge in [0.2, 0.25) is 0 Å². The first-order valence-electron chi connectivity index (χ1n) is 5.52. The zero-order valence-electron chi connectivity index (χ0n) is 10.1. The highest BCUT2D eigenvalue weighted by Gasteiger charge is 2.40. The standard InChI is InChI=1S/C11H17N3O3/c1-11(17-6-10(15)16)7-14(8-11)5-9-3-12-13(2)4-9/h3-4H,5-8H2,1-2H3,(H,15,16). The Morgan fingerprint density at radius 1 is 1.65 bits per heavy atom. The van der Waals surface area contributed by atoms with Gasteiger partial charge in [0.1, 0.15) is 6.61 Å². The molecule has 1 aromatic heterocycles. The minimum absolute atomic E-state index is 0.225. The second-order valence-electron chi connectivity index (χ2n) is 4.80. The molecule has 1 N–H and O–H groups in total. The van der Waals surface area contributed by atoms with Gasteiger partial charge in [-0.15, -0.1) is 0 Å². The van der Waals surface area contributed by atoms with Crippen molar-refractivity contribution in [2.45, 2.75) is 19.1 Å². The minimum atomic E-state index is -0.920. The summed E-state index contributed by atoms with van der Waals surface area (Å²) in [6.45, 7) is 4.07. The van der Waals surface area contributed by atoms with Gasteiger partial charge in [-0.05, 0) is 6.92 Å². The summed E-state index contributed by atoms with van der Waals surface area (Å²) in [5, 5.41) is 12.7.